The second-order valence-corrected chi connectivity index (χ2v) is 6.78. The summed E-state index contributed by atoms with van der Waals surface area (Å²) in [5.41, 5.74) is 1.02. The van der Waals surface area contributed by atoms with Crippen LogP contribution in [0.5, 0.6) is 0 Å². The van der Waals surface area contributed by atoms with Crippen LogP contribution < -0.4 is 4.90 Å². The van der Waals surface area contributed by atoms with Crippen molar-refractivity contribution in [2.75, 3.05) is 24.5 Å². The molecule has 2 unspecified atom stereocenters. The summed E-state index contributed by atoms with van der Waals surface area (Å²) >= 11 is 6.34. The summed E-state index contributed by atoms with van der Waals surface area (Å²) in [5.74, 6) is 1.93. The number of rotatable bonds is 3. The van der Waals surface area contributed by atoms with Gasteiger partial charge in [0, 0.05) is 37.2 Å². The quantitative estimate of drug-likeness (QED) is 0.803. The summed E-state index contributed by atoms with van der Waals surface area (Å²) in [6.07, 6.45) is 4.58. The Hall–Kier alpha value is -0.870. The number of halogens is 1. The van der Waals surface area contributed by atoms with Crippen LogP contribution in [-0.4, -0.2) is 46.6 Å². The van der Waals surface area contributed by atoms with Crippen LogP contribution in [-0.2, 0) is 6.42 Å². The molecule has 1 aromatic rings. The van der Waals surface area contributed by atoms with E-state index in [-0.39, 0.29) is 0 Å². The normalized spacial score (nSPS) is 26.2. The average molecular weight is 309 g/mol. The second-order valence-electron chi connectivity index (χ2n) is 6.42. The molecule has 4 nitrogen and oxygen atoms in total. The van der Waals surface area contributed by atoms with Crippen molar-refractivity contribution in [3.8, 4) is 0 Å². The maximum Gasteiger partial charge on any atom is 0.137 e. The second kappa shape index (κ2) is 6.09. The Bertz CT molecular complexity index is 519. The first-order valence-electron chi connectivity index (χ1n) is 8.13. The summed E-state index contributed by atoms with van der Waals surface area (Å²) < 4.78 is 0. The first-order valence-corrected chi connectivity index (χ1v) is 8.51. The van der Waals surface area contributed by atoms with Crippen LogP contribution >= 0.6 is 11.6 Å². The molecule has 116 valence electrons. The number of hydrogen-bond acceptors (Lipinski definition) is 4. The van der Waals surface area contributed by atoms with Crippen molar-refractivity contribution < 1.29 is 0 Å². The number of hydrogen-bond donors (Lipinski definition) is 0. The van der Waals surface area contributed by atoms with Crippen molar-refractivity contribution in [1.29, 1.82) is 0 Å². The Morgan fingerprint density at radius 2 is 2.10 bits per heavy atom. The Kier molecular flexibility index (Phi) is 4.36. The minimum atomic E-state index is 0.485. The van der Waals surface area contributed by atoms with Crippen molar-refractivity contribution in [2.45, 2.75) is 58.5 Å². The monoisotopic (exact) mass is 308 g/mol. The summed E-state index contributed by atoms with van der Waals surface area (Å²) in [6, 6.07) is 1.17. The zero-order chi connectivity index (χ0) is 15.0. The van der Waals surface area contributed by atoms with E-state index in [9.17, 15) is 0 Å². The third kappa shape index (κ3) is 2.88. The number of fused-ring (bicyclic) bond motifs is 1. The highest BCUT2D eigenvalue weighted by Gasteiger charge is 2.35. The van der Waals surface area contributed by atoms with Gasteiger partial charge in [-0.05, 0) is 39.7 Å². The van der Waals surface area contributed by atoms with Crippen LogP contribution in [0.1, 0.15) is 44.5 Å². The SMILES string of the molecule is CCCc1nc(Cl)c(C)c(N2CC3CCCN3CC2C)n1. The predicted octanol–water partition coefficient (Wildman–Crippen LogP) is 3.06. The molecule has 3 rings (SSSR count). The van der Waals surface area contributed by atoms with Gasteiger partial charge in [0.25, 0.3) is 0 Å². The minimum absolute atomic E-state index is 0.485. The van der Waals surface area contributed by atoms with E-state index in [0.717, 1.165) is 43.1 Å². The first kappa shape index (κ1) is 15.0. The lowest BCUT2D eigenvalue weighted by molar-refractivity contribution is 0.202. The molecule has 0 spiro atoms. The molecular formula is C16H25ClN4. The summed E-state index contributed by atoms with van der Waals surface area (Å²) in [4.78, 5) is 14.3. The van der Waals surface area contributed by atoms with Crippen molar-refractivity contribution in [1.82, 2.24) is 14.9 Å². The van der Waals surface area contributed by atoms with Gasteiger partial charge in [-0.15, -0.1) is 0 Å². The van der Waals surface area contributed by atoms with Gasteiger partial charge in [0.15, 0.2) is 0 Å². The fourth-order valence-electron chi connectivity index (χ4n) is 3.62. The highest BCUT2D eigenvalue weighted by molar-refractivity contribution is 6.30. The summed E-state index contributed by atoms with van der Waals surface area (Å²) in [5, 5.41) is 0.615. The van der Waals surface area contributed by atoms with Gasteiger partial charge in [0.1, 0.15) is 16.8 Å². The maximum absolute atomic E-state index is 6.34. The first-order chi connectivity index (χ1) is 10.1. The predicted molar refractivity (Wildman–Crippen MR) is 87.2 cm³/mol. The van der Waals surface area contributed by atoms with Crippen molar-refractivity contribution >= 4 is 17.4 Å². The molecule has 3 heterocycles. The van der Waals surface area contributed by atoms with Crippen LogP contribution in [0, 0.1) is 6.92 Å². The van der Waals surface area contributed by atoms with Gasteiger partial charge >= 0.3 is 0 Å². The van der Waals surface area contributed by atoms with E-state index < -0.39 is 0 Å². The van der Waals surface area contributed by atoms with E-state index in [1.54, 1.807) is 0 Å². The van der Waals surface area contributed by atoms with Gasteiger partial charge in [-0.25, -0.2) is 9.97 Å². The lowest BCUT2D eigenvalue weighted by atomic mass is 10.1. The molecule has 1 aromatic heterocycles. The molecule has 2 fully saturated rings. The summed E-state index contributed by atoms with van der Waals surface area (Å²) in [6.45, 7) is 9.95. The minimum Gasteiger partial charge on any atom is -0.351 e. The molecule has 21 heavy (non-hydrogen) atoms. The van der Waals surface area contributed by atoms with E-state index >= 15 is 0 Å². The Morgan fingerprint density at radius 3 is 2.86 bits per heavy atom. The third-order valence-corrected chi connectivity index (χ3v) is 5.16. The summed E-state index contributed by atoms with van der Waals surface area (Å²) in [7, 11) is 0. The zero-order valence-corrected chi connectivity index (χ0v) is 14.0. The number of aromatic nitrogens is 2. The zero-order valence-electron chi connectivity index (χ0n) is 13.3. The number of piperazine rings is 1. The smallest absolute Gasteiger partial charge is 0.137 e. The van der Waals surface area contributed by atoms with E-state index in [1.165, 1.54) is 19.4 Å². The van der Waals surface area contributed by atoms with Gasteiger partial charge in [0.05, 0.1) is 0 Å². The maximum atomic E-state index is 6.34. The van der Waals surface area contributed by atoms with Crippen LogP contribution in [0.2, 0.25) is 5.15 Å². The molecule has 5 heteroatoms. The van der Waals surface area contributed by atoms with Crippen molar-refractivity contribution in [3.05, 3.63) is 16.5 Å². The number of aryl methyl sites for hydroxylation is 1. The van der Waals surface area contributed by atoms with Crippen molar-refractivity contribution in [3.63, 3.8) is 0 Å². The molecule has 2 aliphatic rings. The van der Waals surface area contributed by atoms with Crippen LogP contribution in [0.4, 0.5) is 5.82 Å². The van der Waals surface area contributed by atoms with Gasteiger partial charge in [-0.2, -0.15) is 0 Å². The highest BCUT2D eigenvalue weighted by atomic mass is 35.5. The standard InChI is InChI=1S/C16H25ClN4/c1-4-6-14-18-15(17)12(3)16(19-14)21-10-13-7-5-8-20(13)9-11(21)2/h11,13H,4-10H2,1-3H3. The van der Waals surface area contributed by atoms with E-state index in [2.05, 4.69) is 28.6 Å². The fourth-order valence-corrected chi connectivity index (χ4v) is 3.80. The van der Waals surface area contributed by atoms with E-state index in [4.69, 9.17) is 16.6 Å². The molecule has 2 aliphatic heterocycles. The topological polar surface area (TPSA) is 32.3 Å². The Labute approximate surface area is 132 Å². The van der Waals surface area contributed by atoms with Gasteiger partial charge in [0.2, 0.25) is 0 Å². The molecule has 0 aromatic carbocycles. The Balaban J connectivity index is 1.91. The molecule has 0 radical (unpaired) electrons. The van der Waals surface area contributed by atoms with Gasteiger partial charge < -0.3 is 4.90 Å². The van der Waals surface area contributed by atoms with Crippen molar-refractivity contribution in [2.24, 2.45) is 0 Å². The lowest BCUT2D eigenvalue weighted by Gasteiger charge is -2.43. The van der Waals surface area contributed by atoms with E-state index in [0.29, 0.717) is 17.2 Å². The Morgan fingerprint density at radius 1 is 1.29 bits per heavy atom. The van der Waals surface area contributed by atoms with Crippen LogP contribution in [0.25, 0.3) is 0 Å². The highest BCUT2D eigenvalue weighted by Crippen LogP contribution is 2.31. The molecule has 0 bridgehead atoms. The average Bonchev–Trinajstić information content (AvgIpc) is 2.89. The molecule has 0 N–H and O–H groups in total. The number of nitrogens with zero attached hydrogens (tertiary/aromatic N) is 4. The molecule has 0 amide bonds. The van der Waals surface area contributed by atoms with Crippen LogP contribution in [0.3, 0.4) is 0 Å². The molecule has 0 saturated carbocycles. The molecular weight excluding hydrogens is 284 g/mol. The number of anilines is 1. The molecule has 2 saturated heterocycles. The van der Waals surface area contributed by atoms with Gasteiger partial charge in [-0.3, -0.25) is 4.90 Å². The lowest BCUT2D eigenvalue weighted by Crippen LogP contribution is -2.55. The fraction of sp³-hybridized carbons (Fsp3) is 0.750. The largest absolute Gasteiger partial charge is 0.351 e. The van der Waals surface area contributed by atoms with E-state index in [1.807, 2.05) is 6.92 Å². The molecule has 2 atom stereocenters. The van der Waals surface area contributed by atoms with Crippen LogP contribution in [0.15, 0.2) is 0 Å². The molecule has 0 aliphatic carbocycles. The third-order valence-electron chi connectivity index (χ3n) is 4.79. The van der Waals surface area contributed by atoms with Gasteiger partial charge in [-0.1, -0.05) is 18.5 Å².